The fourth-order valence-corrected chi connectivity index (χ4v) is 3.39. The van der Waals surface area contributed by atoms with Gasteiger partial charge in [0.2, 0.25) is 0 Å². The van der Waals surface area contributed by atoms with E-state index in [1.807, 2.05) is 0 Å². The molecular weight excluding hydrogens is 432 g/mol. The number of hydrogen-bond acceptors (Lipinski definition) is 2. The van der Waals surface area contributed by atoms with Gasteiger partial charge in [0, 0.05) is 26.2 Å². The molecule has 24 heavy (non-hydrogen) atoms. The van der Waals surface area contributed by atoms with Gasteiger partial charge in [0.15, 0.2) is 5.96 Å². The molecule has 2 aliphatic rings. The van der Waals surface area contributed by atoms with Crippen molar-refractivity contribution in [1.82, 2.24) is 15.1 Å². The maximum atomic E-state index is 12.4. The highest BCUT2D eigenvalue weighted by Crippen LogP contribution is 2.24. The Kier molecular flexibility index (Phi) is 9.69. The van der Waals surface area contributed by atoms with Gasteiger partial charge in [-0.05, 0) is 58.0 Å². The molecule has 0 aliphatic carbocycles. The molecule has 1 N–H and O–H groups in total. The normalized spacial score (nSPS) is 21.0. The number of nitrogens with one attached hydrogen (secondary N) is 1. The van der Waals surface area contributed by atoms with E-state index in [-0.39, 0.29) is 24.0 Å². The molecule has 142 valence electrons. The molecule has 0 aromatic carbocycles. The lowest BCUT2D eigenvalue weighted by Crippen LogP contribution is -2.40. The number of likely N-dealkylation sites (tertiary alicyclic amines) is 2. The number of halogens is 4. The Bertz CT molecular complexity index is 376. The van der Waals surface area contributed by atoms with Gasteiger partial charge in [-0.1, -0.05) is 0 Å². The maximum absolute atomic E-state index is 12.4. The molecule has 4 nitrogen and oxygen atoms in total. The molecule has 0 aromatic heterocycles. The van der Waals surface area contributed by atoms with E-state index in [4.69, 9.17) is 4.99 Å². The van der Waals surface area contributed by atoms with Crippen LogP contribution in [0.15, 0.2) is 4.99 Å². The minimum Gasteiger partial charge on any atom is -0.357 e. The zero-order valence-corrected chi connectivity index (χ0v) is 16.8. The molecule has 2 saturated heterocycles. The van der Waals surface area contributed by atoms with Crippen molar-refractivity contribution in [2.75, 3.05) is 45.8 Å². The lowest BCUT2D eigenvalue weighted by molar-refractivity contribution is -0.148. The highest BCUT2D eigenvalue weighted by molar-refractivity contribution is 14.0. The fourth-order valence-electron chi connectivity index (χ4n) is 3.39. The first kappa shape index (κ1) is 21.8. The molecule has 2 aliphatic heterocycles. The summed E-state index contributed by atoms with van der Waals surface area (Å²) in [6.07, 6.45) is 1.05. The van der Waals surface area contributed by atoms with Crippen molar-refractivity contribution in [3.8, 4) is 0 Å². The molecule has 0 unspecified atom stereocenters. The van der Waals surface area contributed by atoms with E-state index in [0.29, 0.717) is 19.0 Å². The Hall–Kier alpha value is -0.250. The minimum atomic E-state index is -4.08. The summed E-state index contributed by atoms with van der Waals surface area (Å²) >= 11 is 0. The molecule has 0 aromatic rings. The number of nitrogens with zero attached hydrogens (tertiary/aromatic N) is 3. The smallest absolute Gasteiger partial charge is 0.357 e. The predicted octanol–water partition coefficient (Wildman–Crippen LogP) is 3.33. The summed E-state index contributed by atoms with van der Waals surface area (Å²) in [5.74, 6) is 1.50. The van der Waals surface area contributed by atoms with Crippen LogP contribution in [0.25, 0.3) is 0 Å². The van der Waals surface area contributed by atoms with E-state index in [0.717, 1.165) is 51.4 Å². The summed E-state index contributed by atoms with van der Waals surface area (Å²) in [7, 11) is 0. The second-order valence-corrected chi connectivity index (χ2v) is 6.55. The van der Waals surface area contributed by atoms with Crippen LogP contribution in [0.1, 0.15) is 39.0 Å². The second kappa shape index (κ2) is 10.7. The zero-order chi connectivity index (χ0) is 16.7. The SMILES string of the molecule is CCNC(=NCCC1CCN(CC(F)(F)F)CC1)N1CCCC1.I. The largest absolute Gasteiger partial charge is 0.401 e. The van der Waals surface area contributed by atoms with E-state index in [9.17, 15) is 13.2 Å². The molecule has 8 heteroatoms. The van der Waals surface area contributed by atoms with Crippen molar-refractivity contribution in [3.63, 3.8) is 0 Å². The lowest BCUT2D eigenvalue weighted by atomic mass is 9.93. The number of hydrogen-bond donors (Lipinski definition) is 1. The standard InChI is InChI=1S/C16H29F3N4.HI/c1-2-20-15(23-9-3-4-10-23)21-8-5-14-6-11-22(12-7-14)13-16(17,18)19;/h14H,2-13H2,1H3,(H,20,21);1H. The third-order valence-electron chi connectivity index (χ3n) is 4.65. The van der Waals surface area contributed by atoms with Crippen LogP contribution in [-0.4, -0.2) is 67.7 Å². The number of guanidine groups is 1. The Morgan fingerprint density at radius 2 is 1.75 bits per heavy atom. The summed E-state index contributed by atoms with van der Waals surface area (Å²) in [5.41, 5.74) is 0. The number of alkyl halides is 3. The third kappa shape index (κ3) is 7.76. The van der Waals surface area contributed by atoms with Crippen molar-refractivity contribution in [2.24, 2.45) is 10.9 Å². The molecular formula is C16H30F3IN4. The monoisotopic (exact) mass is 462 g/mol. The Morgan fingerprint density at radius 1 is 1.12 bits per heavy atom. The number of piperidine rings is 1. The van der Waals surface area contributed by atoms with Crippen molar-refractivity contribution in [1.29, 1.82) is 0 Å². The van der Waals surface area contributed by atoms with E-state index in [1.165, 1.54) is 17.7 Å². The third-order valence-corrected chi connectivity index (χ3v) is 4.65. The first-order valence-corrected chi connectivity index (χ1v) is 8.80. The number of aliphatic imine (C=N–C) groups is 1. The lowest BCUT2D eigenvalue weighted by Gasteiger charge is -2.32. The molecule has 0 atom stereocenters. The summed E-state index contributed by atoms with van der Waals surface area (Å²) in [5, 5.41) is 3.34. The van der Waals surface area contributed by atoms with Gasteiger partial charge in [-0.2, -0.15) is 13.2 Å². The van der Waals surface area contributed by atoms with E-state index < -0.39 is 12.7 Å². The van der Waals surface area contributed by atoms with Crippen LogP contribution >= 0.6 is 24.0 Å². The molecule has 2 fully saturated rings. The van der Waals surface area contributed by atoms with Crippen LogP contribution in [0.3, 0.4) is 0 Å². The van der Waals surface area contributed by atoms with Gasteiger partial charge in [0.05, 0.1) is 6.54 Å². The minimum absolute atomic E-state index is 0. The Balaban J connectivity index is 0.00000288. The van der Waals surface area contributed by atoms with Crippen LogP contribution in [0.4, 0.5) is 13.2 Å². The quantitative estimate of drug-likeness (QED) is 0.387. The van der Waals surface area contributed by atoms with Crippen LogP contribution in [-0.2, 0) is 0 Å². The summed E-state index contributed by atoms with van der Waals surface area (Å²) < 4.78 is 37.1. The highest BCUT2D eigenvalue weighted by atomic mass is 127. The Morgan fingerprint density at radius 3 is 2.29 bits per heavy atom. The van der Waals surface area contributed by atoms with E-state index >= 15 is 0 Å². The average Bonchev–Trinajstić information content (AvgIpc) is 3.01. The molecule has 2 heterocycles. The van der Waals surface area contributed by atoms with Gasteiger partial charge in [0.25, 0.3) is 0 Å². The van der Waals surface area contributed by atoms with Crippen LogP contribution < -0.4 is 5.32 Å². The van der Waals surface area contributed by atoms with Gasteiger partial charge in [-0.3, -0.25) is 9.89 Å². The first-order valence-electron chi connectivity index (χ1n) is 8.80. The topological polar surface area (TPSA) is 30.9 Å². The van der Waals surface area contributed by atoms with Gasteiger partial charge >= 0.3 is 6.18 Å². The van der Waals surface area contributed by atoms with Crippen molar-refractivity contribution in [2.45, 2.75) is 45.2 Å². The second-order valence-electron chi connectivity index (χ2n) is 6.55. The summed E-state index contributed by atoms with van der Waals surface area (Å²) in [6.45, 7) is 6.19. The number of rotatable bonds is 5. The molecule has 0 bridgehead atoms. The van der Waals surface area contributed by atoms with Crippen LogP contribution in [0, 0.1) is 5.92 Å². The summed E-state index contributed by atoms with van der Waals surface area (Å²) in [4.78, 5) is 8.53. The average molecular weight is 462 g/mol. The van der Waals surface area contributed by atoms with Crippen molar-refractivity contribution < 1.29 is 13.2 Å². The van der Waals surface area contributed by atoms with E-state index in [2.05, 4.69) is 17.1 Å². The first-order chi connectivity index (χ1) is 11.0. The summed E-state index contributed by atoms with van der Waals surface area (Å²) in [6, 6.07) is 0. The van der Waals surface area contributed by atoms with Gasteiger partial charge in [-0.15, -0.1) is 24.0 Å². The van der Waals surface area contributed by atoms with Crippen molar-refractivity contribution >= 4 is 29.9 Å². The van der Waals surface area contributed by atoms with Crippen molar-refractivity contribution in [3.05, 3.63) is 0 Å². The molecule has 2 rings (SSSR count). The van der Waals surface area contributed by atoms with Gasteiger partial charge < -0.3 is 10.2 Å². The Labute approximate surface area is 160 Å². The fraction of sp³-hybridized carbons (Fsp3) is 0.938. The van der Waals surface area contributed by atoms with E-state index in [1.54, 1.807) is 0 Å². The van der Waals surface area contributed by atoms with Gasteiger partial charge in [0.1, 0.15) is 0 Å². The predicted molar refractivity (Wildman–Crippen MR) is 102 cm³/mol. The molecule has 0 spiro atoms. The van der Waals surface area contributed by atoms with Gasteiger partial charge in [-0.25, -0.2) is 0 Å². The highest BCUT2D eigenvalue weighted by Gasteiger charge is 2.32. The van der Waals surface area contributed by atoms with Crippen LogP contribution in [0.2, 0.25) is 0 Å². The van der Waals surface area contributed by atoms with Crippen LogP contribution in [0.5, 0.6) is 0 Å². The molecule has 0 radical (unpaired) electrons. The maximum Gasteiger partial charge on any atom is 0.401 e. The molecule has 0 amide bonds. The molecule has 0 saturated carbocycles. The zero-order valence-electron chi connectivity index (χ0n) is 14.4.